The number of hydrogen-bond acceptors (Lipinski definition) is 3. The van der Waals surface area contributed by atoms with Gasteiger partial charge in [0.15, 0.2) is 0 Å². The summed E-state index contributed by atoms with van der Waals surface area (Å²) in [5.74, 6) is -0.391. The Morgan fingerprint density at radius 3 is 2.53 bits per heavy atom. The molecule has 0 aliphatic heterocycles. The Bertz CT molecular complexity index is 849. The number of nitrogens with one attached hydrogen (secondary N) is 1. The van der Waals surface area contributed by atoms with E-state index in [-0.39, 0.29) is 5.56 Å². The fourth-order valence-electron chi connectivity index (χ4n) is 2.23. The molecule has 0 radical (unpaired) electrons. The van der Waals surface area contributed by atoms with Crippen LogP contribution in [0.25, 0.3) is 21.7 Å². The van der Waals surface area contributed by atoms with Gasteiger partial charge in [0.1, 0.15) is 0 Å². The highest BCUT2D eigenvalue weighted by molar-refractivity contribution is 6.07. The zero-order valence-corrected chi connectivity index (χ0v) is 10.3. The number of carbonyl (C=O) groups is 1. The highest BCUT2D eigenvalue weighted by Crippen LogP contribution is 2.22. The minimum atomic E-state index is -0.391. The smallest absolute Gasteiger partial charge is 0.337 e. The van der Waals surface area contributed by atoms with Crippen LogP contribution in [-0.2, 0) is 4.74 Å². The van der Waals surface area contributed by atoms with Gasteiger partial charge in [0.2, 0.25) is 0 Å². The number of aromatic nitrogens is 1. The summed E-state index contributed by atoms with van der Waals surface area (Å²) in [4.78, 5) is 26.3. The van der Waals surface area contributed by atoms with E-state index in [9.17, 15) is 9.59 Å². The van der Waals surface area contributed by atoms with Crippen molar-refractivity contribution in [1.29, 1.82) is 0 Å². The van der Waals surface area contributed by atoms with Crippen molar-refractivity contribution in [3.8, 4) is 0 Å². The molecule has 0 fully saturated rings. The van der Waals surface area contributed by atoms with Crippen LogP contribution < -0.4 is 5.56 Å². The number of carbonyl (C=O) groups excluding carboxylic acids is 1. The Kier molecular flexibility index (Phi) is 2.56. The molecule has 0 bridgehead atoms. The monoisotopic (exact) mass is 253 g/mol. The normalized spacial score (nSPS) is 10.8. The molecule has 0 aliphatic carbocycles. The van der Waals surface area contributed by atoms with E-state index in [1.54, 1.807) is 24.3 Å². The van der Waals surface area contributed by atoms with Crippen LogP contribution in [0, 0.1) is 0 Å². The standard InChI is InChI=1S/C15H11NO3/c1-19-15(18)9-6-7-13-12(8-9)10-4-2-3-5-11(10)14(17)16-13/h2-8H,1H3,(H,16,17). The molecule has 0 unspecified atom stereocenters. The maximum absolute atomic E-state index is 11.9. The van der Waals surface area contributed by atoms with Crippen molar-refractivity contribution in [2.45, 2.75) is 0 Å². The van der Waals surface area contributed by atoms with Crippen LogP contribution in [0.5, 0.6) is 0 Å². The molecule has 0 saturated heterocycles. The second kappa shape index (κ2) is 4.24. The van der Waals surface area contributed by atoms with Crippen LogP contribution in [-0.4, -0.2) is 18.1 Å². The predicted molar refractivity (Wildman–Crippen MR) is 73.4 cm³/mol. The first-order valence-electron chi connectivity index (χ1n) is 5.84. The van der Waals surface area contributed by atoms with Crippen molar-refractivity contribution in [2.24, 2.45) is 0 Å². The van der Waals surface area contributed by atoms with Crippen LogP contribution in [0.4, 0.5) is 0 Å². The summed E-state index contributed by atoms with van der Waals surface area (Å²) < 4.78 is 4.71. The Hall–Kier alpha value is -2.62. The minimum absolute atomic E-state index is 0.131. The molecule has 0 amide bonds. The molecule has 1 N–H and O–H groups in total. The molecule has 0 aliphatic rings. The number of aromatic amines is 1. The van der Waals surface area contributed by atoms with E-state index >= 15 is 0 Å². The van der Waals surface area contributed by atoms with Gasteiger partial charge in [-0.3, -0.25) is 4.79 Å². The minimum Gasteiger partial charge on any atom is -0.465 e. The number of esters is 1. The first-order chi connectivity index (χ1) is 9.20. The number of pyridine rings is 1. The van der Waals surface area contributed by atoms with E-state index in [4.69, 9.17) is 4.74 Å². The number of hydrogen-bond donors (Lipinski definition) is 1. The highest BCUT2D eigenvalue weighted by atomic mass is 16.5. The van der Waals surface area contributed by atoms with Gasteiger partial charge in [0.25, 0.3) is 5.56 Å². The van der Waals surface area contributed by atoms with E-state index < -0.39 is 5.97 Å². The van der Waals surface area contributed by atoms with Crippen molar-refractivity contribution in [1.82, 2.24) is 4.98 Å². The second-order valence-electron chi connectivity index (χ2n) is 4.25. The molecular weight excluding hydrogens is 242 g/mol. The van der Waals surface area contributed by atoms with Gasteiger partial charge in [-0.2, -0.15) is 0 Å². The lowest BCUT2D eigenvalue weighted by atomic mass is 10.0. The van der Waals surface area contributed by atoms with Gasteiger partial charge < -0.3 is 9.72 Å². The molecule has 0 spiro atoms. The van der Waals surface area contributed by atoms with E-state index in [1.807, 2.05) is 18.2 Å². The van der Waals surface area contributed by atoms with Crippen LogP contribution in [0.3, 0.4) is 0 Å². The van der Waals surface area contributed by atoms with Crippen LogP contribution in [0.15, 0.2) is 47.3 Å². The number of H-pyrrole nitrogens is 1. The van der Waals surface area contributed by atoms with Crippen molar-refractivity contribution < 1.29 is 9.53 Å². The summed E-state index contributed by atoms with van der Waals surface area (Å²) in [5, 5.41) is 2.27. The van der Waals surface area contributed by atoms with E-state index in [0.717, 1.165) is 10.8 Å². The van der Waals surface area contributed by atoms with E-state index in [1.165, 1.54) is 7.11 Å². The zero-order valence-electron chi connectivity index (χ0n) is 10.3. The Morgan fingerprint density at radius 1 is 1.05 bits per heavy atom. The first kappa shape index (κ1) is 11.5. The first-order valence-corrected chi connectivity index (χ1v) is 5.84. The lowest BCUT2D eigenvalue weighted by molar-refractivity contribution is 0.0601. The van der Waals surface area contributed by atoms with Crippen LogP contribution >= 0.6 is 0 Å². The van der Waals surface area contributed by atoms with Crippen molar-refractivity contribution in [3.05, 3.63) is 58.4 Å². The third-order valence-electron chi connectivity index (χ3n) is 3.15. The lowest BCUT2D eigenvalue weighted by Crippen LogP contribution is -2.07. The topological polar surface area (TPSA) is 59.2 Å². The number of ether oxygens (including phenoxy) is 1. The van der Waals surface area contributed by atoms with E-state index in [0.29, 0.717) is 16.5 Å². The summed E-state index contributed by atoms with van der Waals surface area (Å²) in [6, 6.07) is 12.4. The number of benzene rings is 2. The van der Waals surface area contributed by atoms with E-state index in [2.05, 4.69) is 4.98 Å². The van der Waals surface area contributed by atoms with Gasteiger partial charge in [-0.25, -0.2) is 4.79 Å². The molecule has 3 aromatic rings. The molecule has 3 rings (SSSR count). The summed E-state index contributed by atoms with van der Waals surface area (Å²) in [5.41, 5.74) is 1.04. The van der Waals surface area contributed by atoms with Crippen molar-refractivity contribution >= 4 is 27.6 Å². The largest absolute Gasteiger partial charge is 0.465 e. The maximum Gasteiger partial charge on any atom is 0.337 e. The summed E-state index contributed by atoms with van der Waals surface area (Å²) in [6.07, 6.45) is 0. The fourth-order valence-corrected chi connectivity index (χ4v) is 2.23. The average molecular weight is 253 g/mol. The number of methoxy groups -OCH3 is 1. The van der Waals surface area contributed by atoms with Crippen LogP contribution in [0.1, 0.15) is 10.4 Å². The Labute approximate surface area is 108 Å². The Balaban J connectivity index is 2.44. The summed E-state index contributed by atoms with van der Waals surface area (Å²) >= 11 is 0. The second-order valence-corrected chi connectivity index (χ2v) is 4.25. The van der Waals surface area contributed by atoms with Crippen molar-refractivity contribution in [2.75, 3.05) is 7.11 Å². The molecule has 1 aromatic heterocycles. The lowest BCUT2D eigenvalue weighted by Gasteiger charge is -2.05. The van der Waals surface area contributed by atoms with Gasteiger partial charge in [0, 0.05) is 16.3 Å². The quantitative estimate of drug-likeness (QED) is 0.535. The molecule has 4 heteroatoms. The molecule has 4 nitrogen and oxygen atoms in total. The number of rotatable bonds is 1. The maximum atomic E-state index is 11.9. The molecule has 2 aromatic carbocycles. The van der Waals surface area contributed by atoms with Gasteiger partial charge in [-0.05, 0) is 29.7 Å². The third kappa shape index (κ3) is 1.78. The fraction of sp³-hybridized carbons (Fsp3) is 0.0667. The average Bonchev–Trinajstić information content (AvgIpc) is 2.46. The molecule has 94 valence electrons. The van der Waals surface area contributed by atoms with Gasteiger partial charge in [-0.1, -0.05) is 18.2 Å². The highest BCUT2D eigenvalue weighted by Gasteiger charge is 2.09. The van der Waals surface area contributed by atoms with Crippen LogP contribution in [0.2, 0.25) is 0 Å². The Morgan fingerprint density at radius 2 is 1.79 bits per heavy atom. The summed E-state index contributed by atoms with van der Waals surface area (Å²) in [6.45, 7) is 0. The van der Waals surface area contributed by atoms with Gasteiger partial charge in [0.05, 0.1) is 12.7 Å². The summed E-state index contributed by atoms with van der Waals surface area (Å²) in [7, 11) is 1.34. The van der Waals surface area contributed by atoms with Gasteiger partial charge in [-0.15, -0.1) is 0 Å². The van der Waals surface area contributed by atoms with Crippen molar-refractivity contribution in [3.63, 3.8) is 0 Å². The third-order valence-corrected chi connectivity index (χ3v) is 3.15. The molecule has 19 heavy (non-hydrogen) atoms. The molecule has 1 heterocycles. The zero-order chi connectivity index (χ0) is 13.4. The SMILES string of the molecule is COC(=O)c1ccc2[nH]c(=O)c3ccccc3c2c1. The molecule has 0 atom stereocenters. The number of fused-ring (bicyclic) bond motifs is 3. The predicted octanol–water partition coefficient (Wildman–Crippen LogP) is 2.47. The van der Waals surface area contributed by atoms with Gasteiger partial charge >= 0.3 is 5.97 Å². The molecule has 0 saturated carbocycles. The molecular formula is C15H11NO3.